The van der Waals surface area contributed by atoms with Gasteiger partial charge in [-0.3, -0.25) is 0 Å². The third-order valence-electron chi connectivity index (χ3n) is 4.53. The van der Waals surface area contributed by atoms with E-state index in [-0.39, 0.29) is 23.3 Å². The summed E-state index contributed by atoms with van der Waals surface area (Å²) < 4.78 is 32.3. The average Bonchev–Trinajstić information content (AvgIpc) is 3.32. The van der Waals surface area contributed by atoms with Gasteiger partial charge in [-0.15, -0.1) is 0 Å². The SMILES string of the molecule is O=C(Nc1ccccc1Cl)N1CCC[C@H]1c1nc(-c2ccc(F)cc2F)no1. The monoisotopic (exact) mass is 404 g/mol. The Morgan fingerprint density at radius 3 is 2.86 bits per heavy atom. The second-order valence-corrected chi connectivity index (χ2v) is 6.75. The Morgan fingerprint density at radius 2 is 2.07 bits per heavy atom. The highest BCUT2D eigenvalue weighted by Crippen LogP contribution is 2.33. The van der Waals surface area contributed by atoms with Gasteiger partial charge < -0.3 is 14.7 Å². The van der Waals surface area contributed by atoms with Crippen LogP contribution in [0.5, 0.6) is 0 Å². The topological polar surface area (TPSA) is 71.3 Å². The van der Waals surface area contributed by atoms with Gasteiger partial charge in [-0.05, 0) is 37.1 Å². The number of para-hydroxylation sites is 1. The Hall–Kier alpha value is -3.00. The summed E-state index contributed by atoms with van der Waals surface area (Å²) in [7, 11) is 0. The number of carbonyl (C=O) groups is 1. The quantitative estimate of drug-likeness (QED) is 0.664. The van der Waals surface area contributed by atoms with E-state index in [2.05, 4.69) is 15.5 Å². The van der Waals surface area contributed by atoms with Crippen LogP contribution in [0.3, 0.4) is 0 Å². The van der Waals surface area contributed by atoms with Gasteiger partial charge in [-0.25, -0.2) is 13.6 Å². The molecular weight excluding hydrogens is 390 g/mol. The highest BCUT2D eigenvalue weighted by molar-refractivity contribution is 6.33. The zero-order valence-corrected chi connectivity index (χ0v) is 15.3. The van der Waals surface area contributed by atoms with Gasteiger partial charge in [0.15, 0.2) is 0 Å². The maximum atomic E-state index is 14.0. The van der Waals surface area contributed by atoms with Crippen molar-refractivity contribution in [3.05, 3.63) is 65.0 Å². The van der Waals surface area contributed by atoms with E-state index in [9.17, 15) is 13.6 Å². The molecule has 28 heavy (non-hydrogen) atoms. The predicted octanol–water partition coefficient (Wildman–Crippen LogP) is 5.04. The zero-order valence-electron chi connectivity index (χ0n) is 14.5. The lowest BCUT2D eigenvalue weighted by Crippen LogP contribution is -2.34. The van der Waals surface area contributed by atoms with Crippen LogP contribution in [0.2, 0.25) is 5.02 Å². The van der Waals surface area contributed by atoms with Crippen LogP contribution >= 0.6 is 11.6 Å². The van der Waals surface area contributed by atoms with Crippen LogP contribution in [-0.4, -0.2) is 27.6 Å². The van der Waals surface area contributed by atoms with Crippen molar-refractivity contribution in [3.63, 3.8) is 0 Å². The number of likely N-dealkylation sites (tertiary alicyclic amines) is 1. The van der Waals surface area contributed by atoms with Gasteiger partial charge in [-0.1, -0.05) is 28.9 Å². The number of aromatic nitrogens is 2. The molecule has 144 valence electrons. The standard InChI is InChI=1S/C19H15ClF2N4O2/c20-13-4-1-2-5-15(13)23-19(27)26-9-3-6-16(26)18-24-17(25-28-18)12-8-7-11(21)10-14(12)22/h1-2,4-5,7-8,10,16H,3,6,9H2,(H,23,27)/t16-/m0/s1. The second-order valence-electron chi connectivity index (χ2n) is 6.34. The Balaban J connectivity index is 1.55. The fourth-order valence-electron chi connectivity index (χ4n) is 3.17. The van der Waals surface area contributed by atoms with Crippen molar-refractivity contribution in [1.82, 2.24) is 15.0 Å². The lowest BCUT2D eigenvalue weighted by molar-refractivity contribution is 0.193. The van der Waals surface area contributed by atoms with Crippen LogP contribution in [0.1, 0.15) is 24.8 Å². The first-order valence-electron chi connectivity index (χ1n) is 8.64. The molecule has 1 aliphatic rings. The normalized spacial score (nSPS) is 16.4. The number of anilines is 1. The van der Waals surface area contributed by atoms with Crippen molar-refractivity contribution in [3.8, 4) is 11.4 Å². The van der Waals surface area contributed by atoms with E-state index in [1.165, 1.54) is 6.07 Å². The number of hydrogen-bond donors (Lipinski definition) is 1. The zero-order chi connectivity index (χ0) is 19.7. The van der Waals surface area contributed by atoms with Gasteiger partial charge in [-0.2, -0.15) is 4.98 Å². The summed E-state index contributed by atoms with van der Waals surface area (Å²) in [4.78, 5) is 18.5. The Morgan fingerprint density at radius 1 is 1.25 bits per heavy atom. The number of amides is 2. The van der Waals surface area contributed by atoms with E-state index in [0.717, 1.165) is 18.6 Å². The van der Waals surface area contributed by atoms with Gasteiger partial charge in [0, 0.05) is 12.6 Å². The van der Waals surface area contributed by atoms with Gasteiger partial charge in [0.05, 0.1) is 16.3 Å². The molecule has 0 unspecified atom stereocenters. The number of halogens is 3. The van der Waals surface area contributed by atoms with E-state index in [0.29, 0.717) is 23.7 Å². The van der Waals surface area contributed by atoms with Gasteiger partial charge in [0.2, 0.25) is 11.7 Å². The molecule has 0 spiro atoms. The molecule has 1 fully saturated rings. The largest absolute Gasteiger partial charge is 0.337 e. The molecule has 3 aromatic rings. The minimum atomic E-state index is -0.785. The molecule has 0 saturated carbocycles. The fourth-order valence-corrected chi connectivity index (χ4v) is 3.35. The van der Waals surface area contributed by atoms with E-state index in [1.807, 2.05) is 0 Å². The lowest BCUT2D eigenvalue weighted by Gasteiger charge is -2.22. The van der Waals surface area contributed by atoms with Crippen LogP contribution in [0.4, 0.5) is 19.3 Å². The van der Waals surface area contributed by atoms with E-state index < -0.39 is 17.7 Å². The summed E-state index contributed by atoms with van der Waals surface area (Å²) in [6.45, 7) is 0.504. The van der Waals surface area contributed by atoms with Crippen LogP contribution in [0, 0.1) is 11.6 Å². The van der Waals surface area contributed by atoms with Crippen LogP contribution in [0.25, 0.3) is 11.4 Å². The molecule has 0 bridgehead atoms. The van der Waals surface area contributed by atoms with Gasteiger partial charge >= 0.3 is 6.03 Å². The van der Waals surface area contributed by atoms with E-state index in [4.69, 9.17) is 16.1 Å². The van der Waals surface area contributed by atoms with Crippen molar-refractivity contribution >= 4 is 23.3 Å². The molecule has 4 rings (SSSR count). The highest BCUT2D eigenvalue weighted by atomic mass is 35.5. The molecule has 2 aromatic carbocycles. The average molecular weight is 405 g/mol. The summed E-state index contributed by atoms with van der Waals surface area (Å²) in [5.41, 5.74) is 0.529. The van der Waals surface area contributed by atoms with Crippen LogP contribution in [-0.2, 0) is 0 Å². The van der Waals surface area contributed by atoms with E-state index >= 15 is 0 Å². The van der Waals surface area contributed by atoms with Crippen molar-refractivity contribution in [2.75, 3.05) is 11.9 Å². The van der Waals surface area contributed by atoms with Crippen molar-refractivity contribution < 1.29 is 18.1 Å². The van der Waals surface area contributed by atoms with Gasteiger partial charge in [0.1, 0.15) is 17.7 Å². The van der Waals surface area contributed by atoms with Crippen LogP contribution < -0.4 is 5.32 Å². The van der Waals surface area contributed by atoms with Crippen molar-refractivity contribution in [2.45, 2.75) is 18.9 Å². The molecule has 1 aliphatic heterocycles. The number of urea groups is 1. The number of hydrogen-bond acceptors (Lipinski definition) is 4. The predicted molar refractivity (Wildman–Crippen MR) is 98.8 cm³/mol. The minimum Gasteiger partial charge on any atom is -0.337 e. The van der Waals surface area contributed by atoms with Crippen molar-refractivity contribution in [2.24, 2.45) is 0 Å². The highest BCUT2D eigenvalue weighted by Gasteiger charge is 2.34. The van der Waals surface area contributed by atoms with Crippen molar-refractivity contribution in [1.29, 1.82) is 0 Å². The van der Waals surface area contributed by atoms with E-state index in [1.54, 1.807) is 29.2 Å². The Labute approximate surface area is 164 Å². The molecule has 6 nitrogen and oxygen atoms in total. The smallest absolute Gasteiger partial charge is 0.322 e. The summed E-state index contributed by atoms with van der Waals surface area (Å²) in [5.74, 6) is -1.27. The summed E-state index contributed by atoms with van der Waals surface area (Å²) in [5, 5.41) is 6.98. The molecule has 9 heteroatoms. The number of benzene rings is 2. The Bertz CT molecular complexity index is 1030. The molecule has 1 N–H and O–H groups in total. The number of nitrogens with one attached hydrogen (secondary N) is 1. The first-order chi connectivity index (χ1) is 13.5. The Kier molecular flexibility index (Phi) is 4.95. The third kappa shape index (κ3) is 3.55. The van der Waals surface area contributed by atoms with Gasteiger partial charge in [0.25, 0.3) is 0 Å². The maximum Gasteiger partial charge on any atom is 0.322 e. The second kappa shape index (κ2) is 7.55. The molecule has 2 amide bonds. The number of rotatable bonds is 3. The minimum absolute atomic E-state index is 0.00543. The fraction of sp³-hybridized carbons (Fsp3) is 0.211. The maximum absolute atomic E-state index is 14.0. The molecule has 1 aromatic heterocycles. The molecule has 1 saturated heterocycles. The third-order valence-corrected chi connectivity index (χ3v) is 4.86. The summed E-state index contributed by atoms with van der Waals surface area (Å²) >= 11 is 6.09. The molecule has 0 radical (unpaired) electrons. The molecular formula is C19H15ClF2N4O2. The van der Waals surface area contributed by atoms with Crippen LogP contribution in [0.15, 0.2) is 47.0 Å². The first-order valence-corrected chi connectivity index (χ1v) is 9.02. The number of carbonyl (C=O) groups excluding carboxylic acids is 1. The first kappa shape index (κ1) is 18.4. The molecule has 2 heterocycles. The molecule has 1 atom stereocenters. The summed E-state index contributed by atoms with van der Waals surface area (Å²) in [6, 6.07) is 9.26. The summed E-state index contributed by atoms with van der Waals surface area (Å²) in [6.07, 6.45) is 1.38. The molecule has 0 aliphatic carbocycles. The number of nitrogens with zero attached hydrogens (tertiary/aromatic N) is 3. The lowest BCUT2D eigenvalue weighted by atomic mass is 10.2.